The van der Waals surface area contributed by atoms with Crippen LogP contribution in [0.5, 0.6) is 0 Å². The zero-order valence-corrected chi connectivity index (χ0v) is 14.6. The molecule has 2 aromatic rings. The molecule has 0 spiro atoms. The Kier molecular flexibility index (Phi) is 6.32. The predicted octanol–water partition coefficient (Wildman–Crippen LogP) is 2.54. The molecule has 136 valence electrons. The number of pyridine rings is 1. The lowest BCUT2D eigenvalue weighted by Gasteiger charge is -2.08. The molecule has 0 amide bonds. The number of nitrogens with one attached hydrogen (secondary N) is 2. The van der Waals surface area contributed by atoms with Crippen LogP contribution in [0.3, 0.4) is 0 Å². The van der Waals surface area contributed by atoms with Gasteiger partial charge in [-0.25, -0.2) is 9.38 Å². The number of anilines is 1. The van der Waals surface area contributed by atoms with Crippen LogP contribution in [0.15, 0.2) is 64.7 Å². The van der Waals surface area contributed by atoms with Crippen molar-refractivity contribution in [2.24, 2.45) is 10.7 Å². The lowest BCUT2D eigenvalue weighted by Crippen LogP contribution is -2.26. The molecular formula is C19H22FN5O. The number of allylic oxidation sites excluding steroid dienone is 3. The summed E-state index contributed by atoms with van der Waals surface area (Å²) >= 11 is 0. The van der Waals surface area contributed by atoms with Crippen LogP contribution < -0.4 is 22.3 Å². The summed E-state index contributed by atoms with van der Waals surface area (Å²) in [5.41, 5.74) is 12.5. The van der Waals surface area contributed by atoms with E-state index in [9.17, 15) is 9.18 Å². The molecule has 0 bridgehead atoms. The molecule has 1 aromatic heterocycles. The van der Waals surface area contributed by atoms with Gasteiger partial charge in [-0.05, 0) is 31.6 Å². The Balaban J connectivity index is 2.29. The molecule has 6 N–H and O–H groups in total. The number of halogens is 1. The number of H-pyrrole nitrogens is 1. The first-order valence-corrected chi connectivity index (χ1v) is 8.14. The molecule has 7 heteroatoms. The summed E-state index contributed by atoms with van der Waals surface area (Å²) in [4.78, 5) is 18.8. The van der Waals surface area contributed by atoms with Crippen molar-refractivity contribution in [2.75, 3.05) is 12.3 Å². The van der Waals surface area contributed by atoms with Crippen molar-refractivity contribution in [1.82, 2.24) is 10.3 Å². The standard InChI is InChI=1S/C19H22FN5O/c1-3-12(23-4-2)8-5-6-11-24-18(22)16-17(21)15-13(20)9-7-10-14(15)25-19(16)26/h3,6-11,23H,1,4-5H2,2H3,(H2,22,24)(H3,21,25,26)/b11-6+,12-8?. The van der Waals surface area contributed by atoms with Crippen LogP contribution in [0, 0.1) is 5.82 Å². The molecule has 0 radical (unpaired) electrons. The van der Waals surface area contributed by atoms with Gasteiger partial charge in [-0.3, -0.25) is 4.79 Å². The number of fused-ring (bicyclic) bond motifs is 1. The molecule has 0 unspecified atom stereocenters. The molecule has 26 heavy (non-hydrogen) atoms. The smallest absolute Gasteiger partial charge is 0.261 e. The van der Waals surface area contributed by atoms with E-state index in [-0.39, 0.29) is 22.5 Å². The Bertz CT molecular complexity index is 956. The maximum Gasteiger partial charge on any atom is 0.261 e. The third-order valence-electron chi connectivity index (χ3n) is 3.68. The van der Waals surface area contributed by atoms with Crippen molar-refractivity contribution in [1.29, 1.82) is 0 Å². The first-order valence-electron chi connectivity index (χ1n) is 8.14. The normalized spacial score (nSPS) is 12.7. The highest BCUT2D eigenvalue weighted by Gasteiger charge is 2.15. The van der Waals surface area contributed by atoms with Crippen molar-refractivity contribution >= 4 is 22.4 Å². The number of benzene rings is 1. The van der Waals surface area contributed by atoms with Gasteiger partial charge in [-0.2, -0.15) is 0 Å². The first-order chi connectivity index (χ1) is 12.5. The van der Waals surface area contributed by atoms with Crippen molar-refractivity contribution in [3.63, 3.8) is 0 Å². The van der Waals surface area contributed by atoms with E-state index in [1.54, 1.807) is 18.2 Å². The van der Waals surface area contributed by atoms with E-state index in [0.29, 0.717) is 11.9 Å². The number of aromatic nitrogens is 1. The van der Waals surface area contributed by atoms with E-state index >= 15 is 0 Å². The lowest BCUT2D eigenvalue weighted by atomic mass is 10.1. The predicted molar refractivity (Wildman–Crippen MR) is 105 cm³/mol. The van der Waals surface area contributed by atoms with Gasteiger partial charge in [0.25, 0.3) is 5.56 Å². The van der Waals surface area contributed by atoms with E-state index in [0.717, 1.165) is 12.2 Å². The minimum Gasteiger partial charge on any atom is -0.397 e. The fraction of sp³-hybridized carbons (Fsp3) is 0.158. The number of nitrogen functional groups attached to an aromatic ring is 1. The molecule has 0 fully saturated rings. The monoisotopic (exact) mass is 355 g/mol. The molecule has 1 aromatic carbocycles. The van der Waals surface area contributed by atoms with E-state index in [1.807, 2.05) is 13.0 Å². The van der Waals surface area contributed by atoms with Gasteiger partial charge in [0.1, 0.15) is 17.2 Å². The van der Waals surface area contributed by atoms with Gasteiger partial charge in [-0.1, -0.05) is 24.8 Å². The van der Waals surface area contributed by atoms with E-state index < -0.39 is 11.4 Å². The third-order valence-corrected chi connectivity index (χ3v) is 3.68. The summed E-state index contributed by atoms with van der Waals surface area (Å²) in [6.45, 7) is 6.50. The average Bonchev–Trinajstić information content (AvgIpc) is 2.60. The first kappa shape index (κ1) is 19.0. The Morgan fingerprint density at radius 2 is 2.23 bits per heavy atom. The molecule has 6 nitrogen and oxygen atoms in total. The van der Waals surface area contributed by atoms with Crippen LogP contribution in [-0.2, 0) is 0 Å². The molecular weight excluding hydrogens is 333 g/mol. The highest BCUT2D eigenvalue weighted by molar-refractivity contribution is 6.08. The Labute approximate surface area is 150 Å². The number of aliphatic imine (C=N–C) groups is 1. The Morgan fingerprint density at radius 3 is 2.92 bits per heavy atom. The second kappa shape index (κ2) is 8.66. The molecule has 0 saturated heterocycles. The van der Waals surface area contributed by atoms with Gasteiger partial charge in [-0.15, -0.1) is 0 Å². The quantitative estimate of drug-likeness (QED) is 0.347. The fourth-order valence-electron chi connectivity index (χ4n) is 2.47. The number of aromatic amines is 1. The zero-order valence-electron chi connectivity index (χ0n) is 14.6. The van der Waals surface area contributed by atoms with E-state index in [1.165, 1.54) is 18.3 Å². The van der Waals surface area contributed by atoms with Crippen molar-refractivity contribution in [3.05, 3.63) is 76.6 Å². The highest BCUT2D eigenvalue weighted by Crippen LogP contribution is 2.23. The Morgan fingerprint density at radius 1 is 1.46 bits per heavy atom. The average molecular weight is 355 g/mol. The van der Waals surface area contributed by atoms with Crippen molar-refractivity contribution in [2.45, 2.75) is 13.3 Å². The number of rotatable bonds is 7. The topological polar surface area (TPSA) is 109 Å². The van der Waals surface area contributed by atoms with Crippen molar-refractivity contribution in [3.8, 4) is 0 Å². The SMILES string of the molecule is C=CC(=CC/C=C/N=C(N)c1c(N)c2c(F)cccc2[nH]c1=O)NCC. The number of nitrogens with two attached hydrogens (primary N) is 2. The van der Waals surface area contributed by atoms with Gasteiger partial charge in [0, 0.05) is 18.4 Å². The van der Waals surface area contributed by atoms with Gasteiger partial charge >= 0.3 is 0 Å². The zero-order chi connectivity index (χ0) is 19.1. The summed E-state index contributed by atoms with van der Waals surface area (Å²) in [5.74, 6) is -0.615. The largest absolute Gasteiger partial charge is 0.397 e. The number of nitrogens with zero attached hydrogens (tertiary/aromatic N) is 1. The molecule has 1 heterocycles. The van der Waals surface area contributed by atoms with Crippen LogP contribution in [0.4, 0.5) is 10.1 Å². The van der Waals surface area contributed by atoms with E-state index in [2.05, 4.69) is 21.9 Å². The van der Waals surface area contributed by atoms with Gasteiger partial charge < -0.3 is 21.8 Å². The number of amidine groups is 1. The number of likely N-dealkylation sites (N-methyl/N-ethyl adjacent to an activating group) is 1. The number of hydrogen-bond acceptors (Lipinski definition) is 4. The molecule has 0 atom stereocenters. The minimum absolute atomic E-state index is 0.0301. The summed E-state index contributed by atoms with van der Waals surface area (Å²) in [6, 6.07) is 4.33. The maximum atomic E-state index is 14.0. The van der Waals surface area contributed by atoms with Crippen LogP contribution >= 0.6 is 0 Å². The molecule has 0 saturated carbocycles. The minimum atomic E-state index is -0.536. The second-order valence-corrected chi connectivity index (χ2v) is 5.43. The van der Waals surface area contributed by atoms with Crippen LogP contribution in [0.1, 0.15) is 18.9 Å². The van der Waals surface area contributed by atoms with Crippen molar-refractivity contribution < 1.29 is 4.39 Å². The molecule has 0 aliphatic heterocycles. The lowest BCUT2D eigenvalue weighted by molar-refractivity contribution is 0.640. The Hall–Kier alpha value is -3.35. The summed E-state index contributed by atoms with van der Waals surface area (Å²) in [7, 11) is 0. The summed E-state index contributed by atoms with van der Waals surface area (Å²) in [6.07, 6.45) is 7.50. The molecule has 2 rings (SSSR count). The highest BCUT2D eigenvalue weighted by atomic mass is 19.1. The summed E-state index contributed by atoms with van der Waals surface area (Å²) < 4.78 is 14.0. The summed E-state index contributed by atoms with van der Waals surface area (Å²) in [5, 5.41) is 3.27. The third kappa shape index (κ3) is 4.18. The van der Waals surface area contributed by atoms with Gasteiger partial charge in [0.15, 0.2) is 0 Å². The van der Waals surface area contributed by atoms with Gasteiger partial charge in [0.2, 0.25) is 0 Å². The van der Waals surface area contributed by atoms with Crippen LogP contribution in [0.25, 0.3) is 10.9 Å². The van der Waals surface area contributed by atoms with Crippen LogP contribution in [-0.4, -0.2) is 17.4 Å². The second-order valence-electron chi connectivity index (χ2n) is 5.43. The van der Waals surface area contributed by atoms with Gasteiger partial charge in [0.05, 0.1) is 16.6 Å². The maximum absolute atomic E-state index is 14.0. The van der Waals surface area contributed by atoms with Crippen LogP contribution in [0.2, 0.25) is 0 Å². The molecule has 0 aliphatic carbocycles. The molecule has 0 aliphatic rings. The number of hydrogen-bond donors (Lipinski definition) is 4. The van der Waals surface area contributed by atoms with E-state index in [4.69, 9.17) is 11.5 Å². The fourth-order valence-corrected chi connectivity index (χ4v) is 2.47.